The van der Waals surface area contributed by atoms with Crippen molar-refractivity contribution < 1.29 is 19.8 Å². The first kappa shape index (κ1) is 25.0. The van der Waals surface area contributed by atoms with Crippen LogP contribution in [0, 0.1) is 28.6 Å². The largest absolute Gasteiger partial charge is 0.393 e. The first-order valence-corrected chi connectivity index (χ1v) is 13.9. The normalized spacial score (nSPS) is 41.6. The molecular formula is C30H39N3O4. The van der Waals surface area contributed by atoms with E-state index in [-0.39, 0.29) is 41.3 Å². The first-order valence-electron chi connectivity index (χ1n) is 13.9. The highest BCUT2D eigenvalue weighted by Crippen LogP contribution is 2.67. The van der Waals surface area contributed by atoms with E-state index in [9.17, 15) is 19.8 Å². The number of Topliss-reactive ketones (excluding diaryl/α,β-unsaturated/α-hetero) is 1. The van der Waals surface area contributed by atoms with Crippen LogP contribution in [0.15, 0.2) is 48.2 Å². The number of aliphatic hydroxyl groups is 2. The van der Waals surface area contributed by atoms with Gasteiger partial charge in [0, 0.05) is 49.1 Å². The van der Waals surface area contributed by atoms with Gasteiger partial charge in [-0.1, -0.05) is 31.6 Å². The summed E-state index contributed by atoms with van der Waals surface area (Å²) in [5.74, 6) is 1.30. The number of fused-ring (bicyclic) bond motifs is 5. The van der Waals surface area contributed by atoms with E-state index in [1.54, 1.807) is 18.3 Å². The molecule has 4 aliphatic carbocycles. The van der Waals surface area contributed by atoms with Crippen molar-refractivity contribution >= 4 is 17.4 Å². The maximum atomic E-state index is 13.8. The molecule has 0 aromatic carbocycles. The monoisotopic (exact) mass is 505 g/mol. The molecule has 2 heterocycles. The van der Waals surface area contributed by atoms with Gasteiger partial charge in [0.05, 0.1) is 12.6 Å². The van der Waals surface area contributed by atoms with Crippen LogP contribution in [0.4, 0.5) is 5.82 Å². The predicted octanol–water partition coefficient (Wildman–Crippen LogP) is 2.78. The number of nitrogens with zero attached hydrogens (tertiary/aromatic N) is 3. The summed E-state index contributed by atoms with van der Waals surface area (Å²) in [4.78, 5) is 34.7. The van der Waals surface area contributed by atoms with Crippen molar-refractivity contribution in [2.24, 2.45) is 28.6 Å². The lowest BCUT2D eigenvalue weighted by atomic mass is 9.46. The van der Waals surface area contributed by atoms with E-state index >= 15 is 0 Å². The summed E-state index contributed by atoms with van der Waals surface area (Å²) in [6.45, 7) is 7.56. The number of hydrogen-bond acceptors (Lipinski definition) is 7. The molecule has 0 spiro atoms. The summed E-state index contributed by atoms with van der Waals surface area (Å²) >= 11 is 0. The molecule has 1 aliphatic heterocycles. The summed E-state index contributed by atoms with van der Waals surface area (Å²) in [5.41, 5.74) is -1.28. The van der Waals surface area contributed by atoms with Crippen LogP contribution in [-0.4, -0.2) is 76.1 Å². The Morgan fingerprint density at radius 3 is 2.68 bits per heavy atom. The van der Waals surface area contributed by atoms with Gasteiger partial charge in [0.2, 0.25) is 0 Å². The van der Waals surface area contributed by atoms with E-state index in [0.29, 0.717) is 12.8 Å². The molecule has 7 atom stereocenters. The second kappa shape index (κ2) is 8.85. The van der Waals surface area contributed by atoms with E-state index in [2.05, 4.69) is 28.6 Å². The highest BCUT2D eigenvalue weighted by atomic mass is 16.3. The van der Waals surface area contributed by atoms with Crippen LogP contribution in [0.5, 0.6) is 0 Å². The van der Waals surface area contributed by atoms with Crippen molar-refractivity contribution in [2.75, 3.05) is 37.6 Å². The van der Waals surface area contributed by atoms with Crippen molar-refractivity contribution in [2.45, 2.75) is 57.7 Å². The molecule has 0 bridgehead atoms. The Labute approximate surface area is 219 Å². The summed E-state index contributed by atoms with van der Waals surface area (Å²) < 4.78 is 0. The van der Waals surface area contributed by atoms with Gasteiger partial charge in [-0.2, -0.15) is 0 Å². The molecule has 5 aliphatic rings. The predicted molar refractivity (Wildman–Crippen MR) is 141 cm³/mol. The Bertz CT molecular complexity index is 1140. The van der Waals surface area contributed by atoms with Crippen molar-refractivity contribution in [1.29, 1.82) is 0 Å². The van der Waals surface area contributed by atoms with Crippen molar-refractivity contribution in [1.82, 2.24) is 9.88 Å². The van der Waals surface area contributed by atoms with E-state index in [0.717, 1.165) is 56.8 Å². The zero-order valence-corrected chi connectivity index (χ0v) is 22.0. The molecule has 3 saturated carbocycles. The number of aliphatic hydroxyl groups excluding tert-OH is 1. The molecule has 1 aromatic rings. The number of anilines is 1. The molecule has 198 valence electrons. The fourth-order valence-electron chi connectivity index (χ4n) is 8.80. The average Bonchev–Trinajstić information content (AvgIpc) is 3.16. The number of rotatable bonds is 4. The molecule has 37 heavy (non-hydrogen) atoms. The fourth-order valence-corrected chi connectivity index (χ4v) is 8.80. The summed E-state index contributed by atoms with van der Waals surface area (Å²) in [6.07, 6.45) is 10.00. The molecule has 7 nitrogen and oxygen atoms in total. The third-order valence-electron chi connectivity index (χ3n) is 10.8. The van der Waals surface area contributed by atoms with Crippen LogP contribution < -0.4 is 4.90 Å². The second-order valence-electron chi connectivity index (χ2n) is 12.5. The minimum absolute atomic E-state index is 0.00653. The number of pyridine rings is 1. The Kier molecular flexibility index (Phi) is 5.97. The molecule has 7 heteroatoms. The van der Waals surface area contributed by atoms with Gasteiger partial charge < -0.3 is 15.1 Å². The minimum atomic E-state index is -1.42. The van der Waals surface area contributed by atoms with Crippen LogP contribution in [0.2, 0.25) is 0 Å². The van der Waals surface area contributed by atoms with Crippen molar-refractivity contribution in [3.63, 3.8) is 0 Å². The van der Waals surface area contributed by atoms with Gasteiger partial charge in [0.15, 0.2) is 11.6 Å². The van der Waals surface area contributed by atoms with Gasteiger partial charge in [0.1, 0.15) is 11.4 Å². The lowest BCUT2D eigenvalue weighted by Crippen LogP contribution is -2.62. The van der Waals surface area contributed by atoms with Crippen LogP contribution in [-0.2, 0) is 9.59 Å². The van der Waals surface area contributed by atoms with E-state index in [1.807, 2.05) is 24.3 Å². The molecule has 4 fully saturated rings. The molecule has 6 rings (SSSR count). The summed E-state index contributed by atoms with van der Waals surface area (Å²) in [7, 11) is 0. The highest BCUT2D eigenvalue weighted by Gasteiger charge is 2.68. The fraction of sp³-hybridized carbons (Fsp3) is 0.633. The van der Waals surface area contributed by atoms with E-state index < -0.39 is 17.1 Å². The van der Waals surface area contributed by atoms with Crippen LogP contribution in [0.3, 0.4) is 0 Å². The lowest BCUT2D eigenvalue weighted by molar-refractivity contribution is -0.177. The third-order valence-corrected chi connectivity index (χ3v) is 10.8. The highest BCUT2D eigenvalue weighted by molar-refractivity contribution is 6.01. The van der Waals surface area contributed by atoms with Crippen LogP contribution in [0.25, 0.3) is 0 Å². The van der Waals surface area contributed by atoms with Gasteiger partial charge in [-0.05, 0) is 68.2 Å². The summed E-state index contributed by atoms with van der Waals surface area (Å²) in [5, 5.41) is 23.6. The van der Waals surface area contributed by atoms with Crippen LogP contribution >= 0.6 is 0 Å². The molecular weight excluding hydrogens is 466 g/mol. The third kappa shape index (κ3) is 3.76. The van der Waals surface area contributed by atoms with Gasteiger partial charge in [0.25, 0.3) is 0 Å². The molecule has 3 unspecified atom stereocenters. The number of aromatic nitrogens is 1. The molecule has 0 amide bonds. The van der Waals surface area contributed by atoms with Crippen molar-refractivity contribution in [3.8, 4) is 0 Å². The van der Waals surface area contributed by atoms with Gasteiger partial charge in [-0.25, -0.2) is 4.98 Å². The Morgan fingerprint density at radius 1 is 1.16 bits per heavy atom. The lowest BCUT2D eigenvalue weighted by Gasteiger charge is -2.59. The molecule has 1 saturated heterocycles. The van der Waals surface area contributed by atoms with E-state index in [1.165, 1.54) is 0 Å². The summed E-state index contributed by atoms with van der Waals surface area (Å²) in [6, 6.07) is 5.91. The molecule has 1 aromatic heterocycles. The molecule has 2 N–H and O–H groups in total. The number of allylic oxidation sites excluding steroid dienone is 4. The standard InChI is InChI=1S/C30H39N3O4/c1-28-10-8-21(34)17-20(28)6-7-22-23-9-11-30(37,29(23,2)18-24(35)27(22)28)25(36)19-32-13-15-33(16-14-32)26-5-3-4-12-31-26/h3-5,8,10,12,17,22-24,27,35,37H,6-7,9,11,13-16,18-19H2,1-2H3/t22?,23?,24-,27?,28+,29+,30+/m1/s1. The topological polar surface area (TPSA) is 94.0 Å². The average molecular weight is 506 g/mol. The van der Waals surface area contributed by atoms with Crippen molar-refractivity contribution in [3.05, 3.63) is 48.2 Å². The number of hydrogen-bond donors (Lipinski definition) is 2. The maximum absolute atomic E-state index is 13.8. The maximum Gasteiger partial charge on any atom is 0.178 e. The zero-order chi connectivity index (χ0) is 26.0. The van der Waals surface area contributed by atoms with Crippen LogP contribution in [0.1, 0.15) is 46.0 Å². The molecule has 0 radical (unpaired) electrons. The minimum Gasteiger partial charge on any atom is -0.393 e. The number of piperazine rings is 1. The van der Waals surface area contributed by atoms with Gasteiger partial charge in [-0.15, -0.1) is 0 Å². The Hall–Kier alpha value is -2.35. The first-order chi connectivity index (χ1) is 17.7. The SMILES string of the molecule is C[C@]12C=CC(=O)C=C1CCC1C2[C@H](O)C[C@@]2(C)C1CC[C@]2(O)C(=O)CN1CCN(c2ccccn2)CC1. The Morgan fingerprint density at radius 2 is 1.95 bits per heavy atom. The smallest absolute Gasteiger partial charge is 0.178 e. The quantitative estimate of drug-likeness (QED) is 0.650. The number of carbonyl (C=O) groups is 2. The number of ketones is 2. The second-order valence-corrected chi connectivity index (χ2v) is 12.5. The van der Waals surface area contributed by atoms with Gasteiger partial charge >= 0.3 is 0 Å². The Balaban J connectivity index is 1.17. The zero-order valence-electron chi connectivity index (χ0n) is 22.0. The van der Waals surface area contributed by atoms with Gasteiger partial charge in [-0.3, -0.25) is 14.5 Å². The van der Waals surface area contributed by atoms with E-state index in [4.69, 9.17) is 0 Å². The number of carbonyl (C=O) groups excluding carboxylic acids is 2.